The van der Waals surface area contributed by atoms with E-state index < -0.39 is 0 Å². The normalized spacial score (nSPS) is 10.6. The smallest absolute Gasteiger partial charge is 0.321 e. The standard InChI is InChI=1S/C15H11BrN2O/c16-8-11-9-17-15(18-10-11)19-14-6-5-12-3-1-2-4-13(12)7-14/h1-7,9-10H,8H2. The molecule has 0 atom stereocenters. The third-order valence-electron chi connectivity index (χ3n) is 2.77. The number of aromatic nitrogens is 2. The van der Waals surface area contributed by atoms with Crippen LogP contribution in [0.15, 0.2) is 54.9 Å². The molecule has 0 amide bonds. The second-order valence-corrected chi connectivity index (χ2v) is 4.68. The Morgan fingerprint density at radius 2 is 1.68 bits per heavy atom. The van der Waals surface area contributed by atoms with E-state index in [1.54, 1.807) is 12.4 Å². The number of ether oxygens (including phenoxy) is 1. The quantitative estimate of drug-likeness (QED) is 0.675. The maximum Gasteiger partial charge on any atom is 0.321 e. The summed E-state index contributed by atoms with van der Waals surface area (Å²) in [5.74, 6) is 0.741. The first-order chi connectivity index (χ1) is 9.35. The molecule has 0 aliphatic carbocycles. The summed E-state index contributed by atoms with van der Waals surface area (Å²) in [5, 5.41) is 3.06. The zero-order chi connectivity index (χ0) is 13.1. The SMILES string of the molecule is BrCc1cnc(Oc2ccc3ccccc3c2)nc1. The van der Waals surface area contributed by atoms with E-state index in [4.69, 9.17) is 4.74 Å². The van der Waals surface area contributed by atoms with Crippen molar-refractivity contribution >= 4 is 26.7 Å². The minimum Gasteiger partial charge on any atom is -0.424 e. The van der Waals surface area contributed by atoms with E-state index in [1.165, 1.54) is 5.39 Å². The van der Waals surface area contributed by atoms with Crippen molar-refractivity contribution in [2.45, 2.75) is 5.33 Å². The van der Waals surface area contributed by atoms with Gasteiger partial charge in [-0.05, 0) is 28.5 Å². The van der Waals surface area contributed by atoms with Crippen molar-refractivity contribution in [1.29, 1.82) is 0 Å². The molecule has 0 saturated carbocycles. The number of benzene rings is 2. The van der Waals surface area contributed by atoms with Crippen molar-refractivity contribution in [1.82, 2.24) is 9.97 Å². The van der Waals surface area contributed by atoms with Crippen molar-refractivity contribution in [3.63, 3.8) is 0 Å². The Bertz CT molecular complexity index is 698. The average Bonchev–Trinajstić information content (AvgIpc) is 2.48. The minimum absolute atomic E-state index is 0.361. The summed E-state index contributed by atoms with van der Waals surface area (Å²) in [5.41, 5.74) is 1.02. The molecular formula is C15H11BrN2O. The van der Waals surface area contributed by atoms with Crippen molar-refractivity contribution < 1.29 is 4.74 Å². The molecule has 0 radical (unpaired) electrons. The molecule has 2 aromatic carbocycles. The molecule has 3 aromatic rings. The third kappa shape index (κ3) is 2.74. The van der Waals surface area contributed by atoms with Gasteiger partial charge in [-0.1, -0.05) is 46.3 Å². The maximum absolute atomic E-state index is 5.65. The van der Waals surface area contributed by atoms with Crippen LogP contribution in [0.2, 0.25) is 0 Å². The Labute approximate surface area is 119 Å². The van der Waals surface area contributed by atoms with Gasteiger partial charge in [0.25, 0.3) is 0 Å². The molecule has 1 heterocycles. The van der Waals surface area contributed by atoms with Gasteiger partial charge in [0, 0.05) is 17.7 Å². The highest BCUT2D eigenvalue weighted by Gasteiger charge is 2.02. The molecule has 0 unspecified atom stereocenters. The van der Waals surface area contributed by atoms with Gasteiger partial charge >= 0.3 is 6.01 Å². The van der Waals surface area contributed by atoms with Gasteiger partial charge in [-0.25, -0.2) is 9.97 Å². The van der Waals surface area contributed by atoms with E-state index in [-0.39, 0.29) is 0 Å². The van der Waals surface area contributed by atoms with Gasteiger partial charge in [-0.3, -0.25) is 0 Å². The molecule has 1 aromatic heterocycles. The molecule has 4 heteroatoms. The summed E-state index contributed by atoms with van der Waals surface area (Å²) in [4.78, 5) is 8.32. The van der Waals surface area contributed by atoms with Crippen molar-refractivity contribution in [3.8, 4) is 11.8 Å². The minimum atomic E-state index is 0.361. The summed E-state index contributed by atoms with van der Waals surface area (Å²) in [7, 11) is 0. The number of fused-ring (bicyclic) bond motifs is 1. The van der Waals surface area contributed by atoms with E-state index in [2.05, 4.69) is 38.0 Å². The Hall–Kier alpha value is -1.94. The predicted molar refractivity (Wildman–Crippen MR) is 78.7 cm³/mol. The number of rotatable bonds is 3. The highest BCUT2D eigenvalue weighted by Crippen LogP contribution is 2.23. The first-order valence-electron chi connectivity index (χ1n) is 5.89. The average molecular weight is 315 g/mol. The fraction of sp³-hybridized carbons (Fsp3) is 0.0667. The summed E-state index contributed by atoms with van der Waals surface area (Å²) in [6.45, 7) is 0. The molecule has 0 N–H and O–H groups in total. The Balaban J connectivity index is 1.87. The number of hydrogen-bond donors (Lipinski definition) is 0. The van der Waals surface area contributed by atoms with E-state index in [0.717, 1.165) is 22.0 Å². The highest BCUT2D eigenvalue weighted by atomic mass is 79.9. The number of hydrogen-bond acceptors (Lipinski definition) is 3. The molecule has 0 aliphatic heterocycles. The van der Waals surface area contributed by atoms with Crippen LogP contribution in [0.5, 0.6) is 11.8 Å². The van der Waals surface area contributed by atoms with Gasteiger partial charge in [0.2, 0.25) is 0 Å². The lowest BCUT2D eigenvalue weighted by Crippen LogP contribution is -1.92. The van der Waals surface area contributed by atoms with Crippen molar-refractivity contribution in [3.05, 3.63) is 60.4 Å². The molecule has 0 aliphatic rings. The summed E-state index contributed by atoms with van der Waals surface area (Å²) in [6.07, 6.45) is 3.50. The Morgan fingerprint density at radius 3 is 2.42 bits per heavy atom. The molecule has 0 spiro atoms. The van der Waals surface area contributed by atoms with E-state index in [0.29, 0.717) is 6.01 Å². The van der Waals surface area contributed by atoms with Crippen LogP contribution in [0.3, 0.4) is 0 Å². The molecule has 0 saturated heterocycles. The first kappa shape index (κ1) is 12.1. The monoisotopic (exact) mass is 314 g/mol. The maximum atomic E-state index is 5.65. The van der Waals surface area contributed by atoms with Crippen LogP contribution in [0.25, 0.3) is 10.8 Å². The van der Waals surface area contributed by atoms with Crippen LogP contribution in [-0.4, -0.2) is 9.97 Å². The molecular weight excluding hydrogens is 304 g/mol. The van der Waals surface area contributed by atoms with Crippen molar-refractivity contribution in [2.75, 3.05) is 0 Å². The van der Waals surface area contributed by atoms with E-state index in [9.17, 15) is 0 Å². The van der Waals surface area contributed by atoms with Gasteiger partial charge < -0.3 is 4.74 Å². The van der Waals surface area contributed by atoms with Crippen LogP contribution in [0, 0.1) is 0 Å². The molecule has 0 fully saturated rings. The van der Waals surface area contributed by atoms with Crippen LogP contribution in [0.1, 0.15) is 5.56 Å². The number of nitrogens with zero attached hydrogens (tertiary/aromatic N) is 2. The van der Waals surface area contributed by atoms with Gasteiger partial charge in [0.15, 0.2) is 0 Å². The molecule has 94 valence electrons. The van der Waals surface area contributed by atoms with Crippen LogP contribution >= 0.6 is 15.9 Å². The summed E-state index contributed by atoms with van der Waals surface area (Å²) in [6, 6.07) is 14.4. The molecule has 19 heavy (non-hydrogen) atoms. The number of halogens is 1. The number of alkyl halides is 1. The van der Waals surface area contributed by atoms with Crippen LogP contribution in [-0.2, 0) is 5.33 Å². The Kier molecular flexibility index (Phi) is 3.42. The van der Waals surface area contributed by atoms with E-state index >= 15 is 0 Å². The van der Waals surface area contributed by atoms with Gasteiger partial charge in [0.05, 0.1) is 0 Å². The van der Waals surface area contributed by atoms with Gasteiger partial charge in [-0.15, -0.1) is 0 Å². The fourth-order valence-electron chi connectivity index (χ4n) is 1.80. The zero-order valence-electron chi connectivity index (χ0n) is 10.1. The topological polar surface area (TPSA) is 35.0 Å². The highest BCUT2D eigenvalue weighted by molar-refractivity contribution is 9.08. The lowest BCUT2D eigenvalue weighted by atomic mass is 10.1. The second kappa shape index (κ2) is 5.36. The van der Waals surface area contributed by atoms with Crippen LogP contribution in [0.4, 0.5) is 0 Å². The fourth-order valence-corrected chi connectivity index (χ4v) is 2.09. The lowest BCUT2D eigenvalue weighted by Gasteiger charge is -2.05. The van der Waals surface area contributed by atoms with Gasteiger partial charge in [-0.2, -0.15) is 0 Å². The second-order valence-electron chi connectivity index (χ2n) is 4.12. The van der Waals surface area contributed by atoms with Crippen LogP contribution < -0.4 is 4.74 Å². The predicted octanol–water partition coefficient (Wildman–Crippen LogP) is 4.32. The summed E-state index contributed by atoms with van der Waals surface area (Å²) >= 11 is 3.36. The third-order valence-corrected chi connectivity index (χ3v) is 3.41. The molecule has 3 rings (SSSR count). The lowest BCUT2D eigenvalue weighted by molar-refractivity contribution is 0.442. The largest absolute Gasteiger partial charge is 0.424 e. The summed E-state index contributed by atoms with van der Waals surface area (Å²) < 4.78 is 5.65. The van der Waals surface area contributed by atoms with Gasteiger partial charge in [0.1, 0.15) is 5.75 Å². The molecule has 0 bridgehead atoms. The Morgan fingerprint density at radius 1 is 0.947 bits per heavy atom. The van der Waals surface area contributed by atoms with E-state index in [1.807, 2.05) is 30.3 Å². The molecule has 3 nitrogen and oxygen atoms in total. The van der Waals surface area contributed by atoms with Crippen molar-refractivity contribution in [2.24, 2.45) is 0 Å². The zero-order valence-corrected chi connectivity index (χ0v) is 11.7. The first-order valence-corrected chi connectivity index (χ1v) is 7.01.